The van der Waals surface area contributed by atoms with Crippen molar-refractivity contribution in [3.05, 3.63) is 133 Å². The molecule has 250 valence electrons. The number of nitrogens with one attached hydrogen (secondary N) is 6. The molecular weight excluding hydrogens is 665 g/mol. The van der Waals surface area contributed by atoms with Gasteiger partial charge in [-0.3, -0.25) is 0 Å². The molecule has 49 heavy (non-hydrogen) atoms. The Bertz CT molecular complexity index is 2040. The van der Waals surface area contributed by atoms with Crippen molar-refractivity contribution in [3.63, 3.8) is 0 Å². The first-order chi connectivity index (χ1) is 23.4. The van der Waals surface area contributed by atoms with E-state index in [2.05, 4.69) is 31.9 Å². The molecule has 0 spiro atoms. The van der Waals surface area contributed by atoms with E-state index in [4.69, 9.17) is 4.18 Å². The van der Waals surface area contributed by atoms with E-state index in [1.807, 2.05) is 0 Å². The van der Waals surface area contributed by atoms with Crippen molar-refractivity contribution in [2.75, 3.05) is 31.9 Å². The van der Waals surface area contributed by atoms with Crippen LogP contribution >= 0.6 is 0 Å². The van der Waals surface area contributed by atoms with Gasteiger partial charge in [0.05, 0.1) is 11.4 Å². The number of anilines is 6. The van der Waals surface area contributed by atoms with Crippen LogP contribution < -0.4 is 36.1 Å². The third-order valence-electron chi connectivity index (χ3n) is 6.38. The molecule has 0 heterocycles. The lowest BCUT2D eigenvalue weighted by molar-refractivity contribution is 0.261. The van der Waals surface area contributed by atoms with Gasteiger partial charge < -0.3 is 36.1 Å². The van der Waals surface area contributed by atoms with Crippen molar-refractivity contribution in [2.24, 2.45) is 0 Å². The molecule has 0 saturated carbocycles. The van der Waals surface area contributed by atoms with E-state index < -0.39 is 45.7 Å². The summed E-state index contributed by atoms with van der Waals surface area (Å²) >= 11 is 0. The summed E-state index contributed by atoms with van der Waals surface area (Å²) in [6.45, 7) is 0. The minimum absolute atomic E-state index is 0.0746. The predicted molar refractivity (Wildman–Crippen MR) is 178 cm³/mol. The van der Waals surface area contributed by atoms with Crippen molar-refractivity contribution >= 4 is 62.3 Å². The minimum Gasteiger partial charge on any atom is -0.379 e. The molecule has 0 radical (unpaired) electrons. The Labute approximate surface area is 277 Å². The molecule has 0 atom stereocenters. The van der Waals surface area contributed by atoms with Gasteiger partial charge in [0.25, 0.3) is 0 Å². The Balaban J connectivity index is 1.32. The van der Waals surface area contributed by atoms with E-state index in [0.29, 0.717) is 5.69 Å². The predicted octanol–water partition coefficient (Wildman–Crippen LogP) is 7.80. The van der Waals surface area contributed by atoms with Crippen LogP contribution in [0.4, 0.5) is 61.7 Å². The van der Waals surface area contributed by atoms with Crippen molar-refractivity contribution in [3.8, 4) is 5.75 Å². The third kappa shape index (κ3) is 9.49. The maximum Gasteiger partial charge on any atom is 0.339 e. The first-order valence-electron chi connectivity index (χ1n) is 14.1. The monoisotopic (exact) mass is 690 g/mol. The standard InChI is InChI=1S/C33H25F3N6O6S/c34-20-9-11-21(12-10-20)37-31(43)38-22-13-15-26(16-14-22)49(46,47)48-25-18-23(39-32(44)41-29-7-3-1-5-27(29)35)17-24(19-25)40-33(45)42-30-8-4-2-6-28(30)36/h1-19H,(H2,37,38,43)(H2,39,41,44)(H2,40,42,45). The van der Waals surface area contributed by atoms with Crippen LogP contribution in [-0.4, -0.2) is 26.5 Å². The van der Waals surface area contributed by atoms with Crippen LogP contribution in [-0.2, 0) is 10.1 Å². The smallest absolute Gasteiger partial charge is 0.339 e. The largest absolute Gasteiger partial charge is 0.379 e. The zero-order chi connectivity index (χ0) is 35.0. The number of amides is 6. The molecule has 5 aromatic carbocycles. The molecule has 0 aliphatic rings. The average Bonchev–Trinajstić information content (AvgIpc) is 3.04. The zero-order valence-electron chi connectivity index (χ0n) is 25.0. The van der Waals surface area contributed by atoms with Crippen LogP contribution in [0.15, 0.2) is 120 Å². The van der Waals surface area contributed by atoms with Gasteiger partial charge in [0.15, 0.2) is 0 Å². The molecule has 5 aromatic rings. The highest BCUT2D eigenvalue weighted by atomic mass is 32.2. The Kier molecular flexibility index (Phi) is 10.3. The Hall–Kier alpha value is -6.55. The maximum atomic E-state index is 14.1. The lowest BCUT2D eigenvalue weighted by Crippen LogP contribution is -2.22. The SMILES string of the molecule is O=C(Nc1ccc(F)cc1)Nc1ccc(S(=O)(=O)Oc2cc(NC(=O)Nc3ccccc3F)cc(NC(=O)Nc3ccccc3F)c2)cc1. The van der Waals surface area contributed by atoms with Gasteiger partial charge in [-0.1, -0.05) is 24.3 Å². The number of benzene rings is 5. The normalized spacial score (nSPS) is 10.8. The van der Waals surface area contributed by atoms with Crippen LogP contribution in [0, 0.1) is 17.5 Å². The summed E-state index contributed by atoms with van der Waals surface area (Å²) in [6, 6.07) is 21.8. The summed E-state index contributed by atoms with van der Waals surface area (Å²) in [6.07, 6.45) is 0. The maximum absolute atomic E-state index is 14.1. The van der Waals surface area contributed by atoms with E-state index >= 15 is 0 Å². The van der Waals surface area contributed by atoms with E-state index in [1.165, 1.54) is 78.9 Å². The van der Waals surface area contributed by atoms with Gasteiger partial charge in [-0.05, 0) is 78.9 Å². The molecule has 0 aromatic heterocycles. The summed E-state index contributed by atoms with van der Waals surface area (Å²) in [5, 5.41) is 14.5. The van der Waals surface area contributed by atoms with E-state index in [9.17, 15) is 36.0 Å². The van der Waals surface area contributed by atoms with Crippen LogP contribution in [0.5, 0.6) is 5.75 Å². The van der Waals surface area contributed by atoms with E-state index in [0.717, 1.165) is 36.4 Å². The minimum atomic E-state index is -4.53. The number of carbonyl (C=O) groups is 3. The summed E-state index contributed by atoms with van der Waals surface area (Å²) in [5.74, 6) is -2.24. The highest BCUT2D eigenvalue weighted by molar-refractivity contribution is 7.87. The molecule has 5 rings (SSSR count). The number of carbonyl (C=O) groups excluding carboxylic acids is 3. The second kappa shape index (κ2) is 14.9. The quantitative estimate of drug-likeness (QED) is 0.0863. The van der Waals surface area contributed by atoms with E-state index in [1.54, 1.807) is 0 Å². The van der Waals surface area contributed by atoms with Crippen molar-refractivity contribution in [2.45, 2.75) is 4.90 Å². The Morgan fingerprint density at radius 3 is 1.37 bits per heavy atom. The molecule has 0 aliphatic heterocycles. The number of hydrogen-bond donors (Lipinski definition) is 6. The fourth-order valence-electron chi connectivity index (χ4n) is 4.19. The number of rotatable bonds is 9. The fraction of sp³-hybridized carbons (Fsp3) is 0. The molecule has 6 N–H and O–H groups in total. The number of hydrogen-bond acceptors (Lipinski definition) is 6. The highest BCUT2D eigenvalue weighted by Gasteiger charge is 2.19. The molecular formula is C33H25F3N6O6S. The molecule has 12 nitrogen and oxygen atoms in total. The van der Waals surface area contributed by atoms with Crippen LogP contribution in [0.2, 0.25) is 0 Å². The van der Waals surface area contributed by atoms with Gasteiger partial charge in [-0.25, -0.2) is 27.6 Å². The summed E-state index contributed by atoms with van der Waals surface area (Å²) in [4.78, 5) is 37.3. The number of halogens is 3. The Morgan fingerprint density at radius 2 is 0.898 bits per heavy atom. The van der Waals surface area contributed by atoms with Crippen LogP contribution in [0.1, 0.15) is 0 Å². The lowest BCUT2D eigenvalue weighted by Gasteiger charge is -2.14. The zero-order valence-corrected chi connectivity index (χ0v) is 25.8. The second-order valence-electron chi connectivity index (χ2n) is 10.0. The third-order valence-corrected chi connectivity index (χ3v) is 7.64. The molecule has 0 aliphatic carbocycles. The van der Waals surface area contributed by atoms with Crippen LogP contribution in [0.25, 0.3) is 0 Å². The number of para-hydroxylation sites is 2. The topological polar surface area (TPSA) is 167 Å². The lowest BCUT2D eigenvalue weighted by atomic mass is 10.2. The van der Waals surface area contributed by atoms with E-state index in [-0.39, 0.29) is 39.1 Å². The highest BCUT2D eigenvalue weighted by Crippen LogP contribution is 2.29. The fourth-order valence-corrected chi connectivity index (χ4v) is 5.11. The number of urea groups is 3. The van der Waals surface area contributed by atoms with Crippen molar-refractivity contribution in [1.29, 1.82) is 0 Å². The molecule has 16 heteroatoms. The molecule has 0 unspecified atom stereocenters. The first kappa shape index (κ1) is 33.8. The summed E-state index contributed by atoms with van der Waals surface area (Å²) in [7, 11) is -4.53. The van der Waals surface area contributed by atoms with Gasteiger partial charge in [0, 0.05) is 34.9 Å². The molecule has 0 bridgehead atoms. The van der Waals surface area contributed by atoms with Crippen molar-refractivity contribution in [1.82, 2.24) is 0 Å². The average molecular weight is 691 g/mol. The molecule has 0 saturated heterocycles. The summed E-state index contributed by atoms with van der Waals surface area (Å²) < 4.78 is 72.9. The van der Waals surface area contributed by atoms with Gasteiger partial charge in [-0.15, -0.1) is 0 Å². The summed E-state index contributed by atoms with van der Waals surface area (Å²) in [5.41, 5.74) is 0.125. The van der Waals surface area contributed by atoms with Crippen molar-refractivity contribution < 1.29 is 40.2 Å². The van der Waals surface area contributed by atoms with Gasteiger partial charge in [0.1, 0.15) is 28.1 Å². The first-order valence-corrected chi connectivity index (χ1v) is 15.5. The second-order valence-corrected chi connectivity index (χ2v) is 11.6. The van der Waals surface area contributed by atoms with Gasteiger partial charge >= 0.3 is 28.2 Å². The Morgan fingerprint density at radius 1 is 0.490 bits per heavy atom. The van der Waals surface area contributed by atoms with Gasteiger partial charge in [0.2, 0.25) is 0 Å². The molecule has 0 fully saturated rings. The van der Waals surface area contributed by atoms with Crippen LogP contribution in [0.3, 0.4) is 0 Å². The van der Waals surface area contributed by atoms with Gasteiger partial charge in [-0.2, -0.15) is 8.42 Å². The molecule has 6 amide bonds.